The molecule has 2 heterocycles. The highest BCUT2D eigenvalue weighted by Crippen LogP contribution is 2.12. The van der Waals surface area contributed by atoms with E-state index < -0.39 is 5.82 Å². The minimum Gasteiger partial charge on any atom is -0.389 e. The van der Waals surface area contributed by atoms with Crippen molar-refractivity contribution < 1.29 is 4.39 Å². The number of nitrogens with two attached hydrogens (primary N) is 1. The number of nitrogens with zero attached hydrogens (tertiary/aromatic N) is 3. The standard InChI is InChI=1S/C14H11FN4OS/c15-10-5-4-9(11(7-10)13(16)21)8-19-14(20)18-6-2-1-3-12(18)17-19/h1-7H,8H2,(H2,16,21). The van der Waals surface area contributed by atoms with Gasteiger partial charge in [-0.05, 0) is 29.8 Å². The van der Waals surface area contributed by atoms with Gasteiger partial charge in [0.25, 0.3) is 0 Å². The van der Waals surface area contributed by atoms with E-state index in [-0.39, 0.29) is 17.2 Å². The first-order valence-electron chi connectivity index (χ1n) is 6.19. The number of benzene rings is 1. The molecule has 3 rings (SSSR count). The number of fused-ring (bicyclic) bond motifs is 1. The summed E-state index contributed by atoms with van der Waals surface area (Å²) in [5.41, 5.74) is 6.93. The number of halogens is 1. The summed E-state index contributed by atoms with van der Waals surface area (Å²) in [4.78, 5) is 12.3. The predicted octanol–water partition coefficient (Wildman–Crippen LogP) is 1.32. The Morgan fingerprint density at radius 3 is 2.86 bits per heavy atom. The summed E-state index contributed by atoms with van der Waals surface area (Å²) in [6.07, 6.45) is 1.64. The average molecular weight is 302 g/mol. The maximum atomic E-state index is 13.3. The third-order valence-corrected chi connectivity index (χ3v) is 3.37. The summed E-state index contributed by atoms with van der Waals surface area (Å²) in [7, 11) is 0. The van der Waals surface area contributed by atoms with Gasteiger partial charge in [-0.1, -0.05) is 24.4 Å². The van der Waals surface area contributed by atoms with Crippen LogP contribution in [0.25, 0.3) is 5.65 Å². The van der Waals surface area contributed by atoms with Gasteiger partial charge in [-0.2, -0.15) is 0 Å². The molecule has 106 valence electrons. The van der Waals surface area contributed by atoms with E-state index in [1.165, 1.54) is 21.2 Å². The van der Waals surface area contributed by atoms with E-state index in [0.29, 0.717) is 16.8 Å². The van der Waals surface area contributed by atoms with Gasteiger partial charge >= 0.3 is 5.69 Å². The van der Waals surface area contributed by atoms with E-state index in [9.17, 15) is 9.18 Å². The topological polar surface area (TPSA) is 65.3 Å². The molecule has 0 aliphatic heterocycles. The first-order chi connectivity index (χ1) is 10.1. The highest BCUT2D eigenvalue weighted by atomic mass is 32.1. The molecule has 0 saturated heterocycles. The predicted molar refractivity (Wildman–Crippen MR) is 80.8 cm³/mol. The molecule has 0 saturated carbocycles. The third kappa shape index (κ3) is 2.43. The maximum absolute atomic E-state index is 13.3. The zero-order chi connectivity index (χ0) is 15.0. The third-order valence-electron chi connectivity index (χ3n) is 3.15. The van der Waals surface area contributed by atoms with Crippen molar-refractivity contribution in [3.63, 3.8) is 0 Å². The molecule has 3 aromatic rings. The Morgan fingerprint density at radius 2 is 2.14 bits per heavy atom. The van der Waals surface area contributed by atoms with Crippen molar-refractivity contribution in [3.8, 4) is 0 Å². The molecule has 2 aromatic heterocycles. The van der Waals surface area contributed by atoms with Crippen LogP contribution in [0.3, 0.4) is 0 Å². The number of pyridine rings is 1. The number of rotatable bonds is 3. The molecular weight excluding hydrogens is 291 g/mol. The highest BCUT2D eigenvalue weighted by molar-refractivity contribution is 7.80. The molecule has 0 unspecified atom stereocenters. The van der Waals surface area contributed by atoms with Gasteiger partial charge in [0.05, 0.1) is 6.54 Å². The van der Waals surface area contributed by atoms with Crippen LogP contribution in [0.1, 0.15) is 11.1 Å². The van der Waals surface area contributed by atoms with Crippen LogP contribution < -0.4 is 11.4 Å². The monoisotopic (exact) mass is 302 g/mol. The number of hydrogen-bond donors (Lipinski definition) is 1. The largest absolute Gasteiger partial charge is 0.389 e. The lowest BCUT2D eigenvalue weighted by molar-refractivity contribution is 0.622. The summed E-state index contributed by atoms with van der Waals surface area (Å²) < 4.78 is 16.0. The molecule has 0 aliphatic carbocycles. The Morgan fingerprint density at radius 1 is 1.33 bits per heavy atom. The summed E-state index contributed by atoms with van der Waals surface area (Å²) in [6, 6.07) is 9.40. The molecule has 0 bridgehead atoms. The van der Waals surface area contributed by atoms with E-state index in [0.717, 1.165) is 0 Å². The van der Waals surface area contributed by atoms with Crippen LogP contribution in [0.5, 0.6) is 0 Å². The second kappa shape index (κ2) is 5.10. The number of aromatic nitrogens is 3. The van der Waals surface area contributed by atoms with Gasteiger partial charge in [-0.15, -0.1) is 5.10 Å². The molecule has 5 nitrogen and oxygen atoms in total. The average Bonchev–Trinajstić information content (AvgIpc) is 2.78. The fourth-order valence-corrected chi connectivity index (χ4v) is 2.34. The van der Waals surface area contributed by atoms with Gasteiger partial charge in [0.2, 0.25) is 0 Å². The summed E-state index contributed by atoms with van der Waals surface area (Å²) in [5, 5.41) is 4.22. The molecule has 0 atom stereocenters. The quantitative estimate of drug-likeness (QED) is 0.741. The van der Waals surface area contributed by atoms with Crippen molar-refractivity contribution in [2.45, 2.75) is 6.54 Å². The molecule has 1 aromatic carbocycles. The Hall–Kier alpha value is -2.54. The van der Waals surface area contributed by atoms with Crippen LogP contribution in [-0.2, 0) is 6.54 Å². The molecule has 0 aliphatic rings. The second-order valence-electron chi connectivity index (χ2n) is 4.53. The lowest BCUT2D eigenvalue weighted by Crippen LogP contribution is -2.23. The summed E-state index contributed by atoms with van der Waals surface area (Å²) in [5.74, 6) is -0.427. The zero-order valence-corrected chi connectivity index (χ0v) is 11.7. The smallest absolute Gasteiger partial charge is 0.350 e. The molecular formula is C14H11FN4OS. The normalized spacial score (nSPS) is 10.9. The van der Waals surface area contributed by atoms with Crippen LogP contribution in [0, 0.1) is 5.82 Å². The number of hydrogen-bond acceptors (Lipinski definition) is 3. The molecule has 0 radical (unpaired) electrons. The van der Waals surface area contributed by atoms with Crippen LogP contribution in [-0.4, -0.2) is 19.2 Å². The van der Waals surface area contributed by atoms with Crippen molar-refractivity contribution in [3.05, 3.63) is 70.0 Å². The van der Waals surface area contributed by atoms with Gasteiger partial charge in [-0.3, -0.25) is 4.40 Å². The van der Waals surface area contributed by atoms with Crippen LogP contribution in [0.2, 0.25) is 0 Å². The van der Waals surface area contributed by atoms with Crippen molar-refractivity contribution in [1.29, 1.82) is 0 Å². The molecule has 7 heteroatoms. The fourth-order valence-electron chi connectivity index (χ4n) is 2.15. The van der Waals surface area contributed by atoms with E-state index in [1.807, 2.05) is 0 Å². The SMILES string of the molecule is NC(=S)c1cc(F)ccc1Cn1nc2ccccn2c1=O. The lowest BCUT2D eigenvalue weighted by atomic mass is 10.1. The molecule has 0 fully saturated rings. The van der Waals surface area contributed by atoms with E-state index in [1.54, 1.807) is 30.5 Å². The highest BCUT2D eigenvalue weighted by Gasteiger charge is 2.11. The second-order valence-corrected chi connectivity index (χ2v) is 4.97. The van der Waals surface area contributed by atoms with Gasteiger partial charge < -0.3 is 5.73 Å². The Kier molecular flexibility index (Phi) is 3.26. The molecule has 2 N–H and O–H groups in total. The molecule has 0 amide bonds. The van der Waals surface area contributed by atoms with E-state index in [2.05, 4.69) is 5.10 Å². The summed E-state index contributed by atoms with van der Waals surface area (Å²) in [6.45, 7) is 0.174. The first-order valence-corrected chi connectivity index (χ1v) is 6.59. The Labute approximate surface area is 124 Å². The first kappa shape index (κ1) is 13.4. The van der Waals surface area contributed by atoms with Crippen molar-refractivity contribution >= 4 is 22.9 Å². The van der Waals surface area contributed by atoms with E-state index in [4.69, 9.17) is 18.0 Å². The fraction of sp³-hybridized carbons (Fsp3) is 0.0714. The van der Waals surface area contributed by atoms with Crippen LogP contribution in [0.4, 0.5) is 4.39 Å². The van der Waals surface area contributed by atoms with Crippen molar-refractivity contribution in [1.82, 2.24) is 14.2 Å². The van der Waals surface area contributed by atoms with Gasteiger partial charge in [0.1, 0.15) is 10.8 Å². The number of thiocarbonyl (C=S) groups is 1. The zero-order valence-electron chi connectivity index (χ0n) is 10.9. The van der Waals surface area contributed by atoms with Crippen LogP contribution >= 0.6 is 12.2 Å². The Bertz CT molecular complexity index is 899. The minimum absolute atomic E-state index is 0.0845. The van der Waals surface area contributed by atoms with Crippen molar-refractivity contribution in [2.75, 3.05) is 0 Å². The minimum atomic E-state index is -0.427. The van der Waals surface area contributed by atoms with Crippen molar-refractivity contribution in [2.24, 2.45) is 5.73 Å². The lowest BCUT2D eigenvalue weighted by Gasteiger charge is -2.07. The Balaban J connectivity index is 2.09. The van der Waals surface area contributed by atoms with Gasteiger partial charge in [-0.25, -0.2) is 13.9 Å². The van der Waals surface area contributed by atoms with E-state index >= 15 is 0 Å². The molecule has 0 spiro atoms. The summed E-state index contributed by atoms with van der Waals surface area (Å²) >= 11 is 4.92. The van der Waals surface area contributed by atoms with Crippen LogP contribution in [0.15, 0.2) is 47.4 Å². The maximum Gasteiger partial charge on any atom is 0.350 e. The van der Waals surface area contributed by atoms with Gasteiger partial charge in [0.15, 0.2) is 5.65 Å². The van der Waals surface area contributed by atoms with Gasteiger partial charge in [0, 0.05) is 11.8 Å². The molecule has 21 heavy (non-hydrogen) atoms.